The molecule has 0 bridgehead atoms. The fourth-order valence-electron chi connectivity index (χ4n) is 4.35. The zero-order chi connectivity index (χ0) is 16.5. The Labute approximate surface area is 145 Å². The van der Waals surface area contributed by atoms with Gasteiger partial charge >= 0.3 is 0 Å². The second-order valence-corrected chi connectivity index (χ2v) is 7.87. The van der Waals surface area contributed by atoms with E-state index in [0.717, 1.165) is 32.6 Å². The van der Waals surface area contributed by atoms with Crippen LogP contribution in [0.15, 0.2) is 6.20 Å². The normalized spacial score (nSPS) is 25.9. The van der Waals surface area contributed by atoms with Crippen molar-refractivity contribution in [3.8, 4) is 0 Å². The van der Waals surface area contributed by atoms with Crippen molar-refractivity contribution < 1.29 is 4.79 Å². The molecule has 5 heteroatoms. The van der Waals surface area contributed by atoms with E-state index in [0.29, 0.717) is 24.4 Å². The number of aromatic nitrogens is 2. The largest absolute Gasteiger partial charge is 0.339 e. The Balaban J connectivity index is 1.37. The average molecular weight is 330 g/mol. The maximum absolute atomic E-state index is 12.7. The highest BCUT2D eigenvalue weighted by molar-refractivity contribution is 5.78. The summed E-state index contributed by atoms with van der Waals surface area (Å²) in [5, 5.41) is 0. The first-order chi connectivity index (χ1) is 11.7. The third-order valence-corrected chi connectivity index (χ3v) is 5.89. The first kappa shape index (κ1) is 16.1. The number of likely N-dealkylation sites (tertiary alicyclic amines) is 2. The molecule has 5 nitrogen and oxygen atoms in total. The molecule has 4 rings (SSSR count). The van der Waals surface area contributed by atoms with Crippen molar-refractivity contribution in [2.45, 2.75) is 63.8 Å². The van der Waals surface area contributed by atoms with Gasteiger partial charge < -0.3 is 9.47 Å². The molecule has 0 radical (unpaired) electrons. The van der Waals surface area contributed by atoms with Crippen molar-refractivity contribution in [2.75, 3.05) is 32.7 Å². The van der Waals surface area contributed by atoms with Gasteiger partial charge in [0.15, 0.2) is 0 Å². The monoisotopic (exact) mass is 330 g/mol. The molecule has 24 heavy (non-hydrogen) atoms. The van der Waals surface area contributed by atoms with E-state index < -0.39 is 0 Å². The van der Waals surface area contributed by atoms with Gasteiger partial charge in [-0.25, -0.2) is 4.98 Å². The molecule has 1 amide bonds. The summed E-state index contributed by atoms with van der Waals surface area (Å²) in [6.45, 7) is 6.72. The van der Waals surface area contributed by atoms with Crippen molar-refractivity contribution in [3.63, 3.8) is 0 Å². The zero-order valence-corrected chi connectivity index (χ0v) is 14.9. The molecule has 1 aliphatic carbocycles. The molecular formula is C19H30N4O. The molecule has 1 unspecified atom stereocenters. The topological polar surface area (TPSA) is 41.4 Å². The molecule has 1 atom stereocenters. The van der Waals surface area contributed by atoms with Crippen LogP contribution in [-0.4, -0.2) is 58.0 Å². The van der Waals surface area contributed by atoms with E-state index in [2.05, 4.69) is 26.3 Å². The van der Waals surface area contributed by atoms with Crippen molar-refractivity contribution in [3.05, 3.63) is 17.7 Å². The molecule has 1 aromatic heterocycles. The van der Waals surface area contributed by atoms with Crippen LogP contribution in [-0.2, 0) is 4.79 Å². The van der Waals surface area contributed by atoms with Gasteiger partial charge in [0.2, 0.25) is 5.91 Å². The first-order valence-corrected chi connectivity index (χ1v) is 9.76. The third kappa shape index (κ3) is 3.37. The fourth-order valence-corrected chi connectivity index (χ4v) is 4.35. The van der Waals surface area contributed by atoms with Crippen molar-refractivity contribution in [1.29, 1.82) is 0 Å². The second-order valence-electron chi connectivity index (χ2n) is 7.87. The van der Waals surface area contributed by atoms with Gasteiger partial charge in [-0.15, -0.1) is 0 Å². The van der Waals surface area contributed by atoms with E-state index >= 15 is 0 Å². The molecule has 1 saturated carbocycles. The Morgan fingerprint density at radius 2 is 1.88 bits per heavy atom. The summed E-state index contributed by atoms with van der Waals surface area (Å²) < 4.78 is 2.43. The van der Waals surface area contributed by atoms with Gasteiger partial charge in [0.25, 0.3) is 0 Å². The number of carbonyl (C=O) groups is 1. The zero-order valence-electron chi connectivity index (χ0n) is 14.9. The van der Waals surface area contributed by atoms with Crippen molar-refractivity contribution in [2.24, 2.45) is 0 Å². The summed E-state index contributed by atoms with van der Waals surface area (Å²) in [5.41, 5.74) is 1.25. The van der Waals surface area contributed by atoms with Crippen LogP contribution in [0.4, 0.5) is 0 Å². The Morgan fingerprint density at radius 1 is 1.12 bits per heavy atom. The fraction of sp³-hybridized carbons (Fsp3) is 0.789. The quantitative estimate of drug-likeness (QED) is 0.852. The lowest BCUT2D eigenvalue weighted by Gasteiger charge is -2.24. The minimum absolute atomic E-state index is 0.324. The summed E-state index contributed by atoms with van der Waals surface area (Å²) in [6, 6.07) is 0.427. The molecule has 0 N–H and O–H groups in total. The summed E-state index contributed by atoms with van der Waals surface area (Å²) >= 11 is 0. The van der Waals surface area contributed by atoms with Gasteiger partial charge in [-0.3, -0.25) is 9.69 Å². The van der Waals surface area contributed by atoms with Crippen LogP contribution in [0.3, 0.4) is 0 Å². The Hall–Kier alpha value is -1.36. The van der Waals surface area contributed by atoms with Crippen LogP contribution < -0.4 is 0 Å². The van der Waals surface area contributed by atoms with E-state index in [-0.39, 0.29) is 0 Å². The van der Waals surface area contributed by atoms with Gasteiger partial charge in [-0.05, 0) is 52.1 Å². The van der Waals surface area contributed by atoms with Crippen LogP contribution in [0.2, 0.25) is 0 Å². The van der Waals surface area contributed by atoms with Crippen molar-refractivity contribution >= 4 is 5.91 Å². The standard InChI is InChI=1S/C19H30N4O/c1-15-12-20-19(16-6-7-16)23(15)17-8-11-22(13-17)18(24)14-21-9-4-2-3-5-10-21/h12,16-17H,2-11,13-14H2,1H3. The second kappa shape index (κ2) is 6.87. The van der Waals surface area contributed by atoms with Gasteiger partial charge in [0.1, 0.15) is 5.82 Å². The summed E-state index contributed by atoms with van der Waals surface area (Å²) in [5.74, 6) is 2.25. The van der Waals surface area contributed by atoms with E-state index in [1.165, 1.54) is 50.0 Å². The number of aryl methyl sites for hydroxylation is 1. The summed E-state index contributed by atoms with van der Waals surface area (Å²) in [6.07, 6.45) is 10.8. The van der Waals surface area contributed by atoms with Crippen LogP contribution in [0.1, 0.15) is 68.4 Å². The number of nitrogens with zero attached hydrogens (tertiary/aromatic N) is 4. The van der Waals surface area contributed by atoms with Crippen LogP contribution >= 0.6 is 0 Å². The van der Waals surface area contributed by atoms with E-state index in [9.17, 15) is 4.79 Å². The number of hydrogen-bond donors (Lipinski definition) is 0. The predicted octanol–water partition coefficient (Wildman–Crippen LogP) is 2.72. The molecular weight excluding hydrogens is 300 g/mol. The maximum Gasteiger partial charge on any atom is 0.236 e. The molecule has 1 aromatic rings. The van der Waals surface area contributed by atoms with Crippen LogP contribution in [0, 0.1) is 6.92 Å². The number of rotatable bonds is 4. The van der Waals surface area contributed by atoms with E-state index in [1.807, 2.05) is 6.20 Å². The van der Waals surface area contributed by atoms with Gasteiger partial charge in [0, 0.05) is 30.9 Å². The number of carbonyl (C=O) groups excluding carboxylic acids is 1. The summed E-state index contributed by atoms with van der Waals surface area (Å²) in [4.78, 5) is 21.8. The van der Waals surface area contributed by atoms with Gasteiger partial charge in [0.05, 0.1) is 12.6 Å². The Morgan fingerprint density at radius 3 is 2.58 bits per heavy atom. The number of amides is 1. The maximum atomic E-state index is 12.7. The molecule has 2 aliphatic heterocycles. The smallest absolute Gasteiger partial charge is 0.236 e. The van der Waals surface area contributed by atoms with Gasteiger partial charge in [-0.1, -0.05) is 12.8 Å². The minimum atomic E-state index is 0.324. The first-order valence-electron chi connectivity index (χ1n) is 9.76. The van der Waals surface area contributed by atoms with E-state index in [4.69, 9.17) is 0 Å². The molecule has 3 fully saturated rings. The highest BCUT2D eigenvalue weighted by atomic mass is 16.2. The SMILES string of the molecule is Cc1cnc(C2CC2)n1C1CCN(C(=O)CN2CCCCCC2)C1. The Kier molecular flexibility index (Phi) is 4.61. The van der Waals surface area contributed by atoms with Crippen LogP contribution in [0.5, 0.6) is 0 Å². The number of imidazole rings is 1. The average Bonchev–Trinajstić information content (AvgIpc) is 3.26. The van der Waals surface area contributed by atoms with Crippen molar-refractivity contribution in [1.82, 2.24) is 19.4 Å². The summed E-state index contributed by atoms with van der Waals surface area (Å²) in [7, 11) is 0. The Bertz CT molecular complexity index is 584. The molecule has 2 saturated heterocycles. The molecule has 132 valence electrons. The molecule has 3 aliphatic rings. The van der Waals surface area contributed by atoms with Gasteiger partial charge in [-0.2, -0.15) is 0 Å². The number of hydrogen-bond acceptors (Lipinski definition) is 3. The lowest BCUT2D eigenvalue weighted by atomic mass is 10.2. The lowest BCUT2D eigenvalue weighted by molar-refractivity contribution is -0.131. The highest BCUT2D eigenvalue weighted by Crippen LogP contribution is 2.41. The van der Waals surface area contributed by atoms with E-state index in [1.54, 1.807) is 0 Å². The predicted molar refractivity (Wildman–Crippen MR) is 94.1 cm³/mol. The molecule has 0 aromatic carbocycles. The highest BCUT2D eigenvalue weighted by Gasteiger charge is 2.34. The van der Waals surface area contributed by atoms with Crippen LogP contribution in [0.25, 0.3) is 0 Å². The lowest BCUT2D eigenvalue weighted by Crippen LogP contribution is -2.39. The molecule has 0 spiro atoms. The minimum Gasteiger partial charge on any atom is -0.339 e. The molecule has 3 heterocycles. The third-order valence-electron chi connectivity index (χ3n) is 5.89.